The van der Waals surface area contributed by atoms with Gasteiger partial charge in [-0.05, 0) is 56.7 Å². The second-order valence-corrected chi connectivity index (χ2v) is 6.74. The summed E-state index contributed by atoms with van der Waals surface area (Å²) >= 11 is 0. The average Bonchev–Trinajstić information content (AvgIpc) is 3.19. The Morgan fingerprint density at radius 2 is 1.85 bits per heavy atom. The summed E-state index contributed by atoms with van der Waals surface area (Å²) in [5, 5.41) is 11.9. The SMILES string of the molecule is CCOc1ccc(C2(O)C(C)[N+]3=C(CCC3)N2c2ccccc2)cc1.[Br-]. The number of benzene rings is 2. The molecule has 0 aliphatic carbocycles. The molecule has 138 valence electrons. The summed E-state index contributed by atoms with van der Waals surface area (Å²) < 4.78 is 7.91. The molecule has 0 radical (unpaired) electrons. The van der Waals surface area contributed by atoms with Crippen molar-refractivity contribution in [2.75, 3.05) is 18.1 Å². The molecule has 2 aromatic carbocycles. The Hall–Kier alpha value is -1.85. The van der Waals surface area contributed by atoms with Crippen molar-refractivity contribution in [3.8, 4) is 5.75 Å². The molecule has 0 aromatic heterocycles. The van der Waals surface area contributed by atoms with Crippen LogP contribution in [-0.2, 0) is 5.72 Å². The highest BCUT2D eigenvalue weighted by Crippen LogP contribution is 2.42. The molecule has 4 rings (SSSR count). The number of nitrogens with zero attached hydrogens (tertiary/aromatic N) is 2. The zero-order chi connectivity index (χ0) is 17.4. The number of anilines is 1. The van der Waals surface area contributed by atoms with Crippen molar-refractivity contribution < 1.29 is 31.4 Å². The first-order valence-corrected chi connectivity index (χ1v) is 9.09. The highest BCUT2D eigenvalue weighted by Gasteiger charge is 2.60. The van der Waals surface area contributed by atoms with Gasteiger partial charge in [0.25, 0.3) is 11.6 Å². The molecular formula is C21H25BrN2O2. The third-order valence-corrected chi connectivity index (χ3v) is 5.38. The Kier molecular flexibility index (Phi) is 5.39. The largest absolute Gasteiger partial charge is 1.00 e. The number of hydrogen-bond donors (Lipinski definition) is 1. The lowest BCUT2D eigenvalue weighted by Crippen LogP contribution is -3.00. The maximum absolute atomic E-state index is 11.9. The lowest BCUT2D eigenvalue weighted by molar-refractivity contribution is -0.564. The first kappa shape index (κ1) is 18.9. The molecule has 26 heavy (non-hydrogen) atoms. The third kappa shape index (κ3) is 2.83. The molecule has 0 spiro atoms. The van der Waals surface area contributed by atoms with Crippen LogP contribution in [0.2, 0.25) is 0 Å². The maximum Gasteiger partial charge on any atom is 0.278 e. The van der Waals surface area contributed by atoms with Gasteiger partial charge in [-0.25, -0.2) is 0 Å². The van der Waals surface area contributed by atoms with Gasteiger partial charge in [0.15, 0.2) is 6.04 Å². The zero-order valence-corrected chi connectivity index (χ0v) is 16.8. The minimum Gasteiger partial charge on any atom is -1.00 e. The minimum atomic E-state index is -1.08. The summed E-state index contributed by atoms with van der Waals surface area (Å²) in [6.07, 6.45) is 2.14. The van der Waals surface area contributed by atoms with Gasteiger partial charge in [0.05, 0.1) is 19.6 Å². The van der Waals surface area contributed by atoms with Crippen LogP contribution in [0.1, 0.15) is 32.3 Å². The van der Waals surface area contributed by atoms with Crippen LogP contribution in [0, 0.1) is 0 Å². The van der Waals surface area contributed by atoms with Crippen LogP contribution in [0.4, 0.5) is 5.69 Å². The van der Waals surface area contributed by atoms with Crippen LogP contribution in [-0.4, -0.2) is 34.7 Å². The summed E-state index contributed by atoms with van der Waals surface area (Å²) in [4.78, 5) is 2.13. The van der Waals surface area contributed by atoms with E-state index in [9.17, 15) is 5.11 Å². The van der Waals surface area contributed by atoms with E-state index in [0.29, 0.717) is 6.61 Å². The predicted octanol–water partition coefficient (Wildman–Crippen LogP) is 0.348. The number of ether oxygens (including phenoxy) is 1. The van der Waals surface area contributed by atoms with Crippen molar-refractivity contribution in [3.05, 3.63) is 60.2 Å². The second kappa shape index (κ2) is 7.41. The standard InChI is InChI=1S/C21H25N2O2.BrH/c1-3-25-19-13-11-17(12-14-19)21(24)16(2)22-15-7-10-20(22)23(21)18-8-5-4-6-9-18;/h4-6,8-9,11-14,16,24H,3,7,10,15H2,1-2H3;1H/q+1;/p-1. The maximum atomic E-state index is 11.9. The Morgan fingerprint density at radius 3 is 2.50 bits per heavy atom. The van der Waals surface area contributed by atoms with Crippen molar-refractivity contribution in [3.63, 3.8) is 0 Å². The van der Waals surface area contributed by atoms with E-state index in [1.165, 1.54) is 5.84 Å². The lowest BCUT2D eigenvalue weighted by atomic mass is 9.93. The Balaban J connectivity index is 0.00000196. The number of rotatable bonds is 4. The summed E-state index contributed by atoms with van der Waals surface area (Å²) in [5.74, 6) is 2.05. The number of hydrogen-bond acceptors (Lipinski definition) is 3. The lowest BCUT2D eigenvalue weighted by Gasteiger charge is -2.32. The molecule has 2 aliphatic rings. The van der Waals surface area contributed by atoms with Gasteiger partial charge in [0.2, 0.25) is 0 Å². The van der Waals surface area contributed by atoms with Gasteiger partial charge in [-0.1, -0.05) is 18.2 Å². The summed E-state index contributed by atoms with van der Waals surface area (Å²) in [7, 11) is 0. The van der Waals surface area contributed by atoms with Crippen molar-refractivity contribution >= 4 is 11.5 Å². The summed E-state index contributed by atoms with van der Waals surface area (Å²) in [6, 6.07) is 18.1. The fourth-order valence-electron chi connectivity index (χ4n) is 4.19. The van der Waals surface area contributed by atoms with Gasteiger partial charge in [-0.3, -0.25) is 4.58 Å². The number of halogens is 1. The molecule has 2 aliphatic heterocycles. The minimum absolute atomic E-state index is 0. The van der Waals surface area contributed by atoms with Gasteiger partial charge in [-0.2, -0.15) is 4.90 Å². The highest BCUT2D eigenvalue weighted by atomic mass is 79.9. The fourth-order valence-corrected chi connectivity index (χ4v) is 4.19. The molecular weight excluding hydrogens is 392 g/mol. The van der Waals surface area contributed by atoms with Crippen molar-refractivity contribution in [1.29, 1.82) is 0 Å². The van der Waals surface area contributed by atoms with Crippen molar-refractivity contribution in [2.45, 2.75) is 38.5 Å². The van der Waals surface area contributed by atoms with Gasteiger partial charge < -0.3 is 26.8 Å². The molecule has 0 saturated heterocycles. The molecule has 5 heteroatoms. The van der Waals surface area contributed by atoms with Gasteiger partial charge in [0, 0.05) is 5.56 Å². The topological polar surface area (TPSA) is 35.7 Å². The quantitative estimate of drug-likeness (QED) is 0.730. The number of para-hydroxylation sites is 1. The Bertz CT molecular complexity index is 791. The van der Waals surface area contributed by atoms with Crippen LogP contribution in [0.25, 0.3) is 0 Å². The molecule has 1 N–H and O–H groups in total. The summed E-state index contributed by atoms with van der Waals surface area (Å²) in [6.45, 7) is 5.73. The highest BCUT2D eigenvalue weighted by molar-refractivity contribution is 5.97. The summed E-state index contributed by atoms with van der Waals surface area (Å²) in [5.41, 5.74) is 0.848. The van der Waals surface area contributed by atoms with E-state index in [1.807, 2.05) is 49.4 Å². The van der Waals surface area contributed by atoms with E-state index in [2.05, 4.69) is 28.5 Å². The van der Waals surface area contributed by atoms with E-state index in [0.717, 1.165) is 36.4 Å². The van der Waals surface area contributed by atoms with Crippen molar-refractivity contribution in [1.82, 2.24) is 0 Å². The van der Waals surface area contributed by atoms with Gasteiger partial charge in [-0.15, -0.1) is 0 Å². The molecule has 2 atom stereocenters. The van der Waals surface area contributed by atoms with Crippen LogP contribution in [0.15, 0.2) is 54.6 Å². The number of aliphatic hydroxyl groups is 1. The van der Waals surface area contributed by atoms with E-state index in [4.69, 9.17) is 4.74 Å². The Morgan fingerprint density at radius 1 is 1.15 bits per heavy atom. The van der Waals surface area contributed by atoms with Crippen LogP contribution in [0.5, 0.6) is 5.75 Å². The Labute approximate surface area is 165 Å². The van der Waals surface area contributed by atoms with E-state index < -0.39 is 5.72 Å². The molecule has 4 nitrogen and oxygen atoms in total. The number of amidine groups is 1. The van der Waals surface area contributed by atoms with Crippen molar-refractivity contribution in [2.24, 2.45) is 0 Å². The van der Waals surface area contributed by atoms with Crippen LogP contribution < -0.4 is 26.6 Å². The smallest absolute Gasteiger partial charge is 0.278 e. The van der Waals surface area contributed by atoms with E-state index in [-0.39, 0.29) is 23.0 Å². The molecule has 0 amide bonds. The second-order valence-electron chi connectivity index (χ2n) is 6.74. The molecule has 0 fully saturated rings. The fraction of sp³-hybridized carbons (Fsp3) is 0.381. The first-order chi connectivity index (χ1) is 12.2. The monoisotopic (exact) mass is 416 g/mol. The van der Waals surface area contributed by atoms with E-state index >= 15 is 0 Å². The average molecular weight is 417 g/mol. The van der Waals surface area contributed by atoms with Crippen LogP contribution in [0.3, 0.4) is 0 Å². The third-order valence-electron chi connectivity index (χ3n) is 5.38. The van der Waals surface area contributed by atoms with Gasteiger partial charge >= 0.3 is 0 Å². The zero-order valence-electron chi connectivity index (χ0n) is 15.2. The predicted molar refractivity (Wildman–Crippen MR) is 99.3 cm³/mol. The van der Waals surface area contributed by atoms with Gasteiger partial charge in [0.1, 0.15) is 11.4 Å². The molecule has 2 aromatic rings. The molecule has 2 heterocycles. The molecule has 0 saturated carbocycles. The van der Waals surface area contributed by atoms with E-state index in [1.54, 1.807) is 0 Å². The van der Waals surface area contributed by atoms with Crippen LogP contribution >= 0.6 is 0 Å². The normalized spacial score (nSPS) is 24.4. The molecule has 2 unspecified atom stereocenters. The molecule has 0 bridgehead atoms. The first-order valence-electron chi connectivity index (χ1n) is 9.09.